The van der Waals surface area contributed by atoms with Gasteiger partial charge in [-0.05, 0) is 55.6 Å². The second-order valence-corrected chi connectivity index (χ2v) is 11.1. The first-order valence-electron chi connectivity index (χ1n) is 12.8. The summed E-state index contributed by atoms with van der Waals surface area (Å²) in [6, 6.07) is 13.2. The number of ether oxygens (including phenoxy) is 1. The Labute approximate surface area is 228 Å². The van der Waals surface area contributed by atoms with E-state index in [9.17, 15) is 9.59 Å². The molecule has 4 aromatic rings. The van der Waals surface area contributed by atoms with E-state index in [4.69, 9.17) is 21.9 Å². The smallest absolute Gasteiger partial charge is 0.262 e. The van der Waals surface area contributed by atoms with Crippen molar-refractivity contribution in [2.24, 2.45) is 11.5 Å². The Morgan fingerprint density at radius 2 is 2.00 bits per heavy atom. The van der Waals surface area contributed by atoms with Gasteiger partial charge in [0.2, 0.25) is 5.88 Å². The van der Waals surface area contributed by atoms with Crippen LogP contribution in [0.1, 0.15) is 50.9 Å². The number of nitrogen functional groups attached to an aromatic ring is 1. The number of aryl methyl sites for hydroxylation is 1. The molecule has 1 aliphatic heterocycles. The highest BCUT2D eigenvalue weighted by molar-refractivity contribution is 7.21. The maximum Gasteiger partial charge on any atom is 0.262 e. The molecule has 1 fully saturated rings. The third kappa shape index (κ3) is 4.14. The zero-order valence-corrected chi connectivity index (χ0v) is 22.2. The molecular formula is C28H29N7O3S. The van der Waals surface area contributed by atoms with Gasteiger partial charge in [0.25, 0.3) is 5.91 Å². The summed E-state index contributed by atoms with van der Waals surface area (Å²) in [6.07, 6.45) is 1.86. The number of amides is 1. The minimum atomic E-state index is -1.69. The molecule has 0 radical (unpaired) electrons. The van der Waals surface area contributed by atoms with Crippen LogP contribution in [0.2, 0.25) is 0 Å². The number of thiophene rings is 1. The summed E-state index contributed by atoms with van der Waals surface area (Å²) in [6.45, 7) is 3.42. The van der Waals surface area contributed by atoms with E-state index in [0.29, 0.717) is 49.6 Å². The quantitative estimate of drug-likeness (QED) is 0.237. The molecule has 11 heteroatoms. The average molecular weight is 544 g/mol. The lowest BCUT2D eigenvalue weighted by atomic mass is 9.71. The van der Waals surface area contributed by atoms with Crippen molar-refractivity contribution in [2.45, 2.75) is 37.4 Å². The number of nitrogens with zero attached hydrogens (tertiary/aromatic N) is 2. The number of nitrogens with one attached hydrogen (secondary N) is 2. The molecule has 1 amide bonds. The molecule has 3 unspecified atom stereocenters. The second kappa shape index (κ2) is 9.69. The van der Waals surface area contributed by atoms with Crippen LogP contribution < -0.4 is 32.6 Å². The maximum atomic E-state index is 14.0. The second-order valence-electron chi connectivity index (χ2n) is 10.0. The van der Waals surface area contributed by atoms with Crippen LogP contribution in [-0.4, -0.2) is 41.0 Å². The molecule has 200 valence electrons. The standard InChI is InChI=1S/C28H29N7O3S/c1-14-12-19(38-16-7-3-2-4-8-16)34-35-25(14)28(31)17-9-10-18(29)23-20(17)21(22(30)26(28)36)24(39-23)27(37)33-15-6-5-11-32-13-15/h2-4,7-10,12,15,22,32H,5-6,11,13,29-31H2,1H3,(H,33,37). The Morgan fingerprint density at radius 1 is 1.21 bits per heavy atom. The SMILES string of the molecule is Cc1cc(Oc2ccccc2)nnc1C1(N)C(=O)C(N)c2c(C(=O)NC3CCCNC3)sc3c(N)ccc1c23. The number of carbonyl (C=O) groups excluding carboxylic acids is 2. The summed E-state index contributed by atoms with van der Waals surface area (Å²) in [5, 5.41) is 15.6. The molecule has 6 rings (SSSR count). The third-order valence-corrected chi connectivity index (χ3v) is 8.71. The van der Waals surface area contributed by atoms with Crippen LogP contribution in [-0.2, 0) is 10.3 Å². The van der Waals surface area contributed by atoms with Crippen molar-refractivity contribution in [3.8, 4) is 11.6 Å². The largest absolute Gasteiger partial charge is 0.438 e. The van der Waals surface area contributed by atoms with Crippen molar-refractivity contribution in [2.75, 3.05) is 18.8 Å². The van der Waals surface area contributed by atoms with Gasteiger partial charge in [0.05, 0.1) is 21.3 Å². The number of hydrogen-bond donors (Lipinski definition) is 5. The van der Waals surface area contributed by atoms with Gasteiger partial charge < -0.3 is 32.6 Å². The van der Waals surface area contributed by atoms with Gasteiger partial charge in [-0.25, -0.2) is 0 Å². The summed E-state index contributed by atoms with van der Waals surface area (Å²) in [5.41, 5.74) is 20.5. The number of ketones is 1. The Kier molecular flexibility index (Phi) is 6.31. The molecule has 2 aromatic carbocycles. The molecule has 1 saturated heterocycles. The van der Waals surface area contributed by atoms with Crippen LogP contribution in [0.5, 0.6) is 11.6 Å². The fourth-order valence-electron chi connectivity index (χ4n) is 5.53. The van der Waals surface area contributed by atoms with Crippen LogP contribution in [0.25, 0.3) is 10.1 Å². The first-order chi connectivity index (χ1) is 18.8. The van der Waals surface area contributed by atoms with Crippen molar-refractivity contribution in [1.82, 2.24) is 20.8 Å². The van der Waals surface area contributed by atoms with E-state index >= 15 is 0 Å². The van der Waals surface area contributed by atoms with Crippen LogP contribution in [0, 0.1) is 6.92 Å². The summed E-state index contributed by atoms with van der Waals surface area (Å²) in [4.78, 5) is 27.8. The normalized spacial score (nSPS) is 22.6. The Morgan fingerprint density at radius 3 is 2.72 bits per heavy atom. The van der Waals surface area contributed by atoms with E-state index in [0.717, 1.165) is 19.4 Å². The molecule has 1 aliphatic carbocycles. The van der Waals surface area contributed by atoms with E-state index in [1.54, 1.807) is 37.3 Å². The predicted octanol–water partition coefficient (Wildman–Crippen LogP) is 2.64. The Balaban J connectivity index is 1.44. The number of para-hydroxylation sites is 1. The molecule has 10 nitrogen and oxygen atoms in total. The highest BCUT2D eigenvalue weighted by Crippen LogP contribution is 2.49. The van der Waals surface area contributed by atoms with Gasteiger partial charge in [-0.1, -0.05) is 24.3 Å². The van der Waals surface area contributed by atoms with Crippen LogP contribution in [0.3, 0.4) is 0 Å². The van der Waals surface area contributed by atoms with E-state index < -0.39 is 17.4 Å². The minimum Gasteiger partial charge on any atom is -0.438 e. The molecule has 2 aliphatic rings. The summed E-state index contributed by atoms with van der Waals surface area (Å²) in [5.74, 6) is 0.141. The minimum absolute atomic E-state index is 0.000797. The lowest BCUT2D eigenvalue weighted by Gasteiger charge is -2.36. The fraction of sp³-hybridized carbons (Fsp3) is 0.286. The molecule has 0 spiro atoms. The highest BCUT2D eigenvalue weighted by Gasteiger charge is 2.50. The first-order valence-corrected chi connectivity index (χ1v) is 13.6. The maximum absolute atomic E-state index is 14.0. The van der Waals surface area contributed by atoms with Crippen molar-refractivity contribution in [3.63, 3.8) is 0 Å². The zero-order valence-electron chi connectivity index (χ0n) is 21.4. The van der Waals surface area contributed by atoms with E-state index in [1.165, 1.54) is 11.3 Å². The van der Waals surface area contributed by atoms with Crippen LogP contribution in [0.15, 0.2) is 48.5 Å². The number of rotatable bonds is 5. The van der Waals surface area contributed by atoms with Gasteiger partial charge in [-0.2, -0.15) is 0 Å². The van der Waals surface area contributed by atoms with E-state index in [-0.39, 0.29) is 23.5 Å². The molecule has 39 heavy (non-hydrogen) atoms. The van der Waals surface area contributed by atoms with E-state index in [2.05, 4.69) is 20.8 Å². The zero-order chi connectivity index (χ0) is 27.3. The summed E-state index contributed by atoms with van der Waals surface area (Å²) in [7, 11) is 0. The molecule has 0 bridgehead atoms. The van der Waals surface area contributed by atoms with Gasteiger partial charge >= 0.3 is 0 Å². The van der Waals surface area contributed by atoms with Crippen LogP contribution in [0.4, 0.5) is 5.69 Å². The number of nitrogens with two attached hydrogens (primary N) is 3. The lowest BCUT2D eigenvalue weighted by molar-refractivity contribution is -0.124. The van der Waals surface area contributed by atoms with Crippen molar-refractivity contribution in [1.29, 1.82) is 0 Å². The summed E-state index contributed by atoms with van der Waals surface area (Å²) >= 11 is 1.23. The van der Waals surface area contributed by atoms with Gasteiger partial charge in [0.15, 0.2) is 5.78 Å². The van der Waals surface area contributed by atoms with Gasteiger partial charge in [-0.3, -0.25) is 9.59 Å². The molecule has 3 atom stereocenters. The van der Waals surface area contributed by atoms with E-state index in [1.807, 2.05) is 18.2 Å². The van der Waals surface area contributed by atoms with Crippen LogP contribution >= 0.6 is 11.3 Å². The van der Waals surface area contributed by atoms with Gasteiger partial charge in [-0.15, -0.1) is 21.5 Å². The molecule has 8 N–H and O–H groups in total. The Hall–Kier alpha value is -3.90. The first kappa shape index (κ1) is 25.4. The van der Waals surface area contributed by atoms with Gasteiger partial charge in [0, 0.05) is 35.3 Å². The highest BCUT2D eigenvalue weighted by atomic mass is 32.1. The number of carbonyl (C=O) groups is 2. The predicted molar refractivity (Wildman–Crippen MR) is 150 cm³/mol. The molecule has 2 aromatic heterocycles. The van der Waals surface area contributed by atoms with Crippen molar-refractivity contribution >= 4 is 38.8 Å². The number of hydrogen-bond acceptors (Lipinski definition) is 10. The molecular weight excluding hydrogens is 514 g/mol. The number of Topliss-reactive ketones (excluding diaryl/α,β-unsaturated/α-hetero) is 1. The third-order valence-electron chi connectivity index (χ3n) is 7.45. The fourth-order valence-corrected chi connectivity index (χ4v) is 6.73. The molecule has 0 saturated carbocycles. The van der Waals surface area contributed by atoms with Gasteiger partial charge in [0.1, 0.15) is 11.3 Å². The summed E-state index contributed by atoms with van der Waals surface area (Å²) < 4.78 is 6.48. The number of anilines is 1. The van der Waals surface area contributed by atoms with Crippen molar-refractivity contribution in [3.05, 3.63) is 75.8 Å². The molecule has 3 heterocycles. The monoisotopic (exact) mass is 543 g/mol. The number of piperidine rings is 1. The number of benzene rings is 2. The lowest BCUT2D eigenvalue weighted by Crippen LogP contribution is -2.53. The number of aromatic nitrogens is 2. The average Bonchev–Trinajstić information content (AvgIpc) is 3.35. The topological polar surface area (TPSA) is 171 Å². The Bertz CT molecular complexity index is 1600. The van der Waals surface area contributed by atoms with Crippen molar-refractivity contribution < 1.29 is 14.3 Å².